The van der Waals surface area contributed by atoms with Crippen LogP contribution in [0.5, 0.6) is 0 Å². The number of pyridine rings is 1. The van der Waals surface area contributed by atoms with E-state index in [1.54, 1.807) is 11.3 Å². The lowest BCUT2D eigenvalue weighted by atomic mass is 10.1. The maximum absolute atomic E-state index is 12.3. The number of hydrogen-bond donors (Lipinski definition) is 2. The van der Waals surface area contributed by atoms with Crippen molar-refractivity contribution < 1.29 is 4.79 Å². The first-order valence-electron chi connectivity index (χ1n) is 6.18. The van der Waals surface area contributed by atoms with Crippen LogP contribution >= 0.6 is 11.3 Å². The summed E-state index contributed by atoms with van der Waals surface area (Å²) < 4.78 is 0. The van der Waals surface area contributed by atoms with Crippen molar-refractivity contribution >= 4 is 33.8 Å². The number of thiophene rings is 1. The SMILES string of the molecule is Nc1ncc(C(=O)NCc2ccsc2)c2ccccc12. The van der Waals surface area contributed by atoms with Gasteiger partial charge in [-0.15, -0.1) is 0 Å². The Kier molecular flexibility index (Phi) is 3.35. The van der Waals surface area contributed by atoms with E-state index in [1.165, 1.54) is 6.20 Å². The lowest BCUT2D eigenvalue weighted by Crippen LogP contribution is -2.23. The number of nitrogens with one attached hydrogen (secondary N) is 1. The summed E-state index contributed by atoms with van der Waals surface area (Å²) >= 11 is 1.61. The van der Waals surface area contributed by atoms with E-state index in [9.17, 15) is 4.79 Å². The van der Waals surface area contributed by atoms with E-state index in [2.05, 4.69) is 10.3 Å². The van der Waals surface area contributed by atoms with Crippen LogP contribution in [0.3, 0.4) is 0 Å². The van der Waals surface area contributed by atoms with Crippen LogP contribution in [0.15, 0.2) is 47.3 Å². The van der Waals surface area contributed by atoms with Crippen molar-refractivity contribution in [2.45, 2.75) is 6.54 Å². The van der Waals surface area contributed by atoms with Crippen LogP contribution in [-0.2, 0) is 6.54 Å². The zero-order valence-corrected chi connectivity index (χ0v) is 11.5. The molecule has 2 heterocycles. The third-order valence-corrected chi connectivity index (χ3v) is 3.84. The van der Waals surface area contributed by atoms with Crippen molar-refractivity contribution in [1.82, 2.24) is 10.3 Å². The molecule has 3 aromatic rings. The van der Waals surface area contributed by atoms with Gasteiger partial charge in [0.2, 0.25) is 0 Å². The molecule has 20 heavy (non-hydrogen) atoms. The average molecular weight is 283 g/mol. The van der Waals surface area contributed by atoms with Gasteiger partial charge < -0.3 is 11.1 Å². The Hall–Kier alpha value is -2.40. The van der Waals surface area contributed by atoms with Crippen LogP contribution in [0, 0.1) is 0 Å². The maximum atomic E-state index is 12.3. The summed E-state index contributed by atoms with van der Waals surface area (Å²) in [6.07, 6.45) is 1.53. The third kappa shape index (κ3) is 2.35. The molecule has 0 saturated heterocycles. The number of fused-ring (bicyclic) bond motifs is 1. The van der Waals surface area contributed by atoms with Gasteiger partial charge in [0.15, 0.2) is 0 Å². The van der Waals surface area contributed by atoms with Crippen molar-refractivity contribution in [1.29, 1.82) is 0 Å². The van der Waals surface area contributed by atoms with Crippen LogP contribution in [0.4, 0.5) is 5.82 Å². The van der Waals surface area contributed by atoms with Gasteiger partial charge in [0.25, 0.3) is 5.91 Å². The number of anilines is 1. The Morgan fingerprint density at radius 1 is 1.25 bits per heavy atom. The van der Waals surface area contributed by atoms with E-state index in [0.717, 1.165) is 16.3 Å². The highest BCUT2D eigenvalue weighted by Gasteiger charge is 2.12. The monoisotopic (exact) mass is 283 g/mol. The molecule has 5 heteroatoms. The first kappa shape index (κ1) is 12.6. The Bertz CT molecular complexity index is 753. The fraction of sp³-hybridized carbons (Fsp3) is 0.0667. The van der Waals surface area contributed by atoms with Gasteiger partial charge in [-0.25, -0.2) is 4.98 Å². The second-order valence-electron chi connectivity index (χ2n) is 4.42. The predicted octanol–water partition coefficient (Wildman–Crippen LogP) is 2.81. The predicted molar refractivity (Wildman–Crippen MR) is 81.6 cm³/mol. The first-order valence-corrected chi connectivity index (χ1v) is 7.12. The second-order valence-corrected chi connectivity index (χ2v) is 5.20. The van der Waals surface area contributed by atoms with Crippen molar-refractivity contribution in [2.24, 2.45) is 0 Å². The largest absolute Gasteiger partial charge is 0.383 e. The van der Waals surface area contributed by atoms with Crippen LogP contribution < -0.4 is 11.1 Å². The highest BCUT2D eigenvalue weighted by molar-refractivity contribution is 7.07. The highest BCUT2D eigenvalue weighted by Crippen LogP contribution is 2.22. The highest BCUT2D eigenvalue weighted by atomic mass is 32.1. The summed E-state index contributed by atoms with van der Waals surface area (Å²) in [6, 6.07) is 9.51. The van der Waals surface area contributed by atoms with Crippen LogP contribution in [-0.4, -0.2) is 10.9 Å². The van der Waals surface area contributed by atoms with Crippen LogP contribution in [0.2, 0.25) is 0 Å². The van der Waals surface area contributed by atoms with E-state index >= 15 is 0 Å². The molecule has 0 aliphatic rings. The minimum Gasteiger partial charge on any atom is -0.383 e. The number of hydrogen-bond acceptors (Lipinski definition) is 4. The molecule has 2 aromatic heterocycles. The molecule has 0 fully saturated rings. The van der Waals surface area contributed by atoms with E-state index in [0.29, 0.717) is 17.9 Å². The van der Waals surface area contributed by atoms with Gasteiger partial charge in [0.05, 0.1) is 5.56 Å². The lowest BCUT2D eigenvalue weighted by molar-refractivity contribution is 0.0952. The van der Waals surface area contributed by atoms with Gasteiger partial charge in [-0.1, -0.05) is 24.3 Å². The fourth-order valence-corrected chi connectivity index (χ4v) is 2.73. The van der Waals surface area contributed by atoms with Crippen molar-refractivity contribution in [2.75, 3.05) is 5.73 Å². The number of carbonyl (C=O) groups is 1. The van der Waals surface area contributed by atoms with E-state index in [1.807, 2.05) is 41.1 Å². The molecule has 3 N–H and O–H groups in total. The van der Waals surface area contributed by atoms with Crippen molar-refractivity contribution in [3.05, 3.63) is 58.4 Å². The molecule has 0 bridgehead atoms. The van der Waals surface area contributed by atoms with E-state index < -0.39 is 0 Å². The van der Waals surface area contributed by atoms with E-state index in [4.69, 9.17) is 5.73 Å². The zero-order chi connectivity index (χ0) is 13.9. The standard InChI is InChI=1S/C15H13N3OS/c16-14-12-4-2-1-3-11(12)13(8-17-14)15(19)18-7-10-5-6-20-9-10/h1-6,8-9H,7H2,(H2,16,17)(H,18,19). The number of nitrogens with zero attached hydrogens (tertiary/aromatic N) is 1. The van der Waals surface area contributed by atoms with Gasteiger partial charge >= 0.3 is 0 Å². The van der Waals surface area contributed by atoms with Gasteiger partial charge in [0, 0.05) is 18.1 Å². The molecule has 0 aliphatic heterocycles. The zero-order valence-electron chi connectivity index (χ0n) is 10.7. The van der Waals surface area contributed by atoms with Gasteiger partial charge in [0.1, 0.15) is 5.82 Å². The summed E-state index contributed by atoms with van der Waals surface area (Å²) in [6.45, 7) is 0.515. The maximum Gasteiger partial charge on any atom is 0.253 e. The van der Waals surface area contributed by atoms with Crippen LogP contribution in [0.25, 0.3) is 10.8 Å². The summed E-state index contributed by atoms with van der Waals surface area (Å²) in [5.74, 6) is 0.301. The summed E-state index contributed by atoms with van der Waals surface area (Å²) in [4.78, 5) is 16.4. The third-order valence-electron chi connectivity index (χ3n) is 3.10. The normalized spacial score (nSPS) is 10.6. The Balaban J connectivity index is 1.90. The molecule has 0 aliphatic carbocycles. The average Bonchev–Trinajstić information content (AvgIpc) is 2.99. The number of rotatable bonds is 3. The first-order chi connectivity index (χ1) is 9.75. The molecular formula is C15H13N3OS. The number of amides is 1. The van der Waals surface area contributed by atoms with Gasteiger partial charge in [-0.3, -0.25) is 4.79 Å². The number of benzene rings is 1. The number of carbonyl (C=O) groups excluding carboxylic acids is 1. The molecule has 0 radical (unpaired) electrons. The Morgan fingerprint density at radius 3 is 2.80 bits per heavy atom. The molecule has 0 saturated carbocycles. The molecule has 1 amide bonds. The number of nitrogen functional groups attached to an aromatic ring is 1. The number of nitrogens with two attached hydrogens (primary N) is 1. The van der Waals surface area contributed by atoms with Crippen molar-refractivity contribution in [3.8, 4) is 0 Å². The Labute approximate surface area is 120 Å². The molecule has 4 nitrogen and oxygen atoms in total. The molecule has 0 atom stereocenters. The summed E-state index contributed by atoms with van der Waals surface area (Å²) in [7, 11) is 0. The lowest BCUT2D eigenvalue weighted by Gasteiger charge is -2.08. The molecule has 100 valence electrons. The minimum atomic E-state index is -0.139. The molecule has 0 unspecified atom stereocenters. The van der Waals surface area contributed by atoms with Crippen molar-refractivity contribution in [3.63, 3.8) is 0 Å². The van der Waals surface area contributed by atoms with E-state index in [-0.39, 0.29) is 5.91 Å². The number of aromatic nitrogens is 1. The Morgan fingerprint density at radius 2 is 2.05 bits per heavy atom. The van der Waals surface area contributed by atoms with Crippen LogP contribution in [0.1, 0.15) is 15.9 Å². The quantitative estimate of drug-likeness (QED) is 0.776. The topological polar surface area (TPSA) is 68.0 Å². The second kappa shape index (κ2) is 5.30. The molecule has 3 rings (SSSR count). The molecule has 1 aromatic carbocycles. The molecular weight excluding hydrogens is 270 g/mol. The van der Waals surface area contributed by atoms with Gasteiger partial charge in [-0.2, -0.15) is 11.3 Å². The minimum absolute atomic E-state index is 0.139. The van der Waals surface area contributed by atoms with Gasteiger partial charge in [-0.05, 0) is 27.8 Å². The summed E-state index contributed by atoms with van der Waals surface area (Å²) in [5, 5.41) is 8.52. The smallest absolute Gasteiger partial charge is 0.253 e. The fourth-order valence-electron chi connectivity index (χ4n) is 2.07. The summed E-state index contributed by atoms with van der Waals surface area (Å²) in [5.41, 5.74) is 7.47. The molecule has 0 spiro atoms.